The first-order chi connectivity index (χ1) is 9.68. The van der Waals surface area contributed by atoms with Crippen LogP contribution in [0, 0.1) is 5.41 Å². The second kappa shape index (κ2) is 7.29. The second-order valence-corrected chi connectivity index (χ2v) is 5.86. The Morgan fingerprint density at radius 2 is 2.15 bits per heavy atom. The maximum Gasteiger partial charge on any atom is 0.407 e. The van der Waals surface area contributed by atoms with Crippen molar-refractivity contribution in [2.45, 2.75) is 32.8 Å². The van der Waals surface area contributed by atoms with Crippen molar-refractivity contribution >= 4 is 6.09 Å². The highest BCUT2D eigenvalue weighted by molar-refractivity contribution is 5.67. The zero-order valence-electron chi connectivity index (χ0n) is 12.2. The summed E-state index contributed by atoms with van der Waals surface area (Å²) in [4.78, 5) is 11.7. The second-order valence-electron chi connectivity index (χ2n) is 5.86. The highest BCUT2D eigenvalue weighted by atomic mass is 16.5. The largest absolute Gasteiger partial charge is 0.445 e. The molecule has 1 saturated heterocycles. The molecule has 0 unspecified atom stereocenters. The lowest BCUT2D eigenvalue weighted by Crippen LogP contribution is -2.41. The average molecular weight is 276 g/mol. The van der Waals surface area contributed by atoms with Crippen LogP contribution in [-0.2, 0) is 11.3 Å². The van der Waals surface area contributed by atoms with Crippen LogP contribution in [-0.4, -0.2) is 25.7 Å². The Kier molecular flexibility index (Phi) is 5.41. The van der Waals surface area contributed by atoms with Gasteiger partial charge in [-0.2, -0.15) is 0 Å². The van der Waals surface area contributed by atoms with Crippen molar-refractivity contribution in [3.63, 3.8) is 0 Å². The van der Waals surface area contributed by atoms with Crippen molar-refractivity contribution in [1.29, 1.82) is 0 Å². The Morgan fingerprint density at radius 1 is 1.35 bits per heavy atom. The Labute approximate surface area is 120 Å². The smallest absolute Gasteiger partial charge is 0.407 e. The molecule has 1 aliphatic heterocycles. The van der Waals surface area contributed by atoms with Gasteiger partial charge in [-0.1, -0.05) is 43.7 Å². The van der Waals surface area contributed by atoms with Crippen LogP contribution in [0.1, 0.15) is 31.7 Å². The molecule has 2 rings (SSSR count). The fourth-order valence-electron chi connectivity index (χ4n) is 2.49. The van der Waals surface area contributed by atoms with Gasteiger partial charge in [-0.15, -0.1) is 0 Å². The number of carbonyl (C=O) groups is 1. The van der Waals surface area contributed by atoms with E-state index >= 15 is 0 Å². The highest BCUT2D eigenvalue weighted by Gasteiger charge is 2.26. The van der Waals surface area contributed by atoms with Gasteiger partial charge in [0, 0.05) is 13.1 Å². The number of carbonyl (C=O) groups excluding carboxylic acids is 1. The fourth-order valence-corrected chi connectivity index (χ4v) is 2.49. The van der Waals surface area contributed by atoms with E-state index in [0.717, 1.165) is 25.1 Å². The normalized spacial score (nSPS) is 22.9. The minimum atomic E-state index is -0.334. The van der Waals surface area contributed by atoms with E-state index in [1.807, 2.05) is 30.3 Å². The van der Waals surface area contributed by atoms with Gasteiger partial charge in [-0.3, -0.25) is 0 Å². The summed E-state index contributed by atoms with van der Waals surface area (Å²) in [6.45, 7) is 5.22. The van der Waals surface area contributed by atoms with Gasteiger partial charge in [-0.25, -0.2) is 4.79 Å². The SMILES string of the molecule is C[C@@]1(CNC(=O)OCc2ccccc2)CCCCNC1. The quantitative estimate of drug-likeness (QED) is 0.889. The number of nitrogens with one attached hydrogen (secondary N) is 2. The van der Waals surface area contributed by atoms with Crippen LogP contribution in [0.4, 0.5) is 4.79 Å². The molecule has 4 heteroatoms. The highest BCUT2D eigenvalue weighted by Crippen LogP contribution is 2.24. The van der Waals surface area contributed by atoms with Crippen molar-refractivity contribution in [2.24, 2.45) is 5.41 Å². The molecule has 0 aromatic heterocycles. The van der Waals surface area contributed by atoms with E-state index in [4.69, 9.17) is 4.74 Å². The van der Waals surface area contributed by atoms with E-state index in [1.54, 1.807) is 0 Å². The Balaban J connectivity index is 1.71. The lowest BCUT2D eigenvalue weighted by molar-refractivity contribution is 0.133. The van der Waals surface area contributed by atoms with E-state index in [9.17, 15) is 4.79 Å². The van der Waals surface area contributed by atoms with Crippen LogP contribution in [0.3, 0.4) is 0 Å². The number of benzene rings is 1. The number of rotatable bonds is 4. The molecule has 0 spiro atoms. The van der Waals surface area contributed by atoms with E-state index in [2.05, 4.69) is 17.6 Å². The van der Waals surface area contributed by atoms with Crippen molar-refractivity contribution in [2.75, 3.05) is 19.6 Å². The standard InChI is InChI=1S/C16H24N2O2/c1-16(9-5-6-10-17-12-16)13-18-15(19)20-11-14-7-3-2-4-8-14/h2-4,7-8,17H,5-6,9-13H2,1H3,(H,18,19)/t16-/m1/s1. The van der Waals surface area contributed by atoms with E-state index in [1.165, 1.54) is 12.8 Å². The summed E-state index contributed by atoms with van der Waals surface area (Å²) in [5.41, 5.74) is 1.13. The molecule has 1 atom stereocenters. The number of alkyl carbamates (subject to hydrolysis) is 1. The van der Waals surface area contributed by atoms with Crippen molar-refractivity contribution in [3.8, 4) is 0 Å². The molecular formula is C16H24N2O2. The number of amides is 1. The Hall–Kier alpha value is -1.55. The summed E-state index contributed by atoms with van der Waals surface area (Å²) in [6, 6.07) is 9.72. The average Bonchev–Trinajstić information content (AvgIpc) is 2.69. The Morgan fingerprint density at radius 3 is 2.95 bits per heavy atom. The minimum absolute atomic E-state index is 0.127. The molecule has 1 heterocycles. The van der Waals surface area contributed by atoms with Gasteiger partial charge in [0.25, 0.3) is 0 Å². The summed E-state index contributed by atoms with van der Waals surface area (Å²) >= 11 is 0. The summed E-state index contributed by atoms with van der Waals surface area (Å²) in [5, 5.41) is 6.32. The molecule has 110 valence electrons. The molecule has 0 bridgehead atoms. The van der Waals surface area contributed by atoms with Crippen LogP contribution in [0.2, 0.25) is 0 Å². The maximum absolute atomic E-state index is 11.7. The molecule has 4 nitrogen and oxygen atoms in total. The molecular weight excluding hydrogens is 252 g/mol. The van der Waals surface area contributed by atoms with E-state index in [0.29, 0.717) is 13.2 Å². The molecule has 1 aromatic carbocycles. The monoisotopic (exact) mass is 276 g/mol. The zero-order valence-corrected chi connectivity index (χ0v) is 12.2. The van der Waals surface area contributed by atoms with Gasteiger partial charge in [0.1, 0.15) is 6.61 Å². The zero-order chi connectivity index (χ0) is 14.3. The number of hydrogen-bond donors (Lipinski definition) is 2. The molecule has 0 aliphatic carbocycles. The van der Waals surface area contributed by atoms with Crippen LogP contribution < -0.4 is 10.6 Å². The first-order valence-electron chi connectivity index (χ1n) is 7.33. The summed E-state index contributed by atoms with van der Waals surface area (Å²) < 4.78 is 5.22. The molecule has 0 radical (unpaired) electrons. The molecule has 1 fully saturated rings. The number of ether oxygens (including phenoxy) is 1. The van der Waals surface area contributed by atoms with Crippen LogP contribution >= 0.6 is 0 Å². The van der Waals surface area contributed by atoms with Gasteiger partial charge in [0.05, 0.1) is 0 Å². The molecule has 20 heavy (non-hydrogen) atoms. The van der Waals surface area contributed by atoms with Crippen LogP contribution in [0.15, 0.2) is 30.3 Å². The lowest BCUT2D eigenvalue weighted by Gasteiger charge is -2.28. The predicted octanol–water partition coefficient (Wildman–Crippen LogP) is 2.69. The van der Waals surface area contributed by atoms with Gasteiger partial charge in [0.15, 0.2) is 0 Å². The minimum Gasteiger partial charge on any atom is -0.445 e. The molecule has 1 aromatic rings. The van der Waals surface area contributed by atoms with Gasteiger partial charge in [0.2, 0.25) is 0 Å². The third kappa shape index (κ3) is 4.85. The third-order valence-corrected chi connectivity index (χ3v) is 3.81. The van der Waals surface area contributed by atoms with Gasteiger partial charge in [-0.05, 0) is 30.4 Å². The van der Waals surface area contributed by atoms with Gasteiger partial charge < -0.3 is 15.4 Å². The van der Waals surface area contributed by atoms with Gasteiger partial charge >= 0.3 is 6.09 Å². The first-order valence-corrected chi connectivity index (χ1v) is 7.33. The van der Waals surface area contributed by atoms with Crippen molar-refractivity contribution in [1.82, 2.24) is 10.6 Å². The topological polar surface area (TPSA) is 50.4 Å². The maximum atomic E-state index is 11.7. The number of hydrogen-bond acceptors (Lipinski definition) is 3. The van der Waals surface area contributed by atoms with Crippen molar-refractivity contribution < 1.29 is 9.53 Å². The van der Waals surface area contributed by atoms with E-state index < -0.39 is 0 Å². The lowest BCUT2D eigenvalue weighted by atomic mass is 9.86. The predicted molar refractivity (Wildman–Crippen MR) is 79.5 cm³/mol. The van der Waals surface area contributed by atoms with Crippen LogP contribution in [0.5, 0.6) is 0 Å². The summed E-state index contributed by atoms with van der Waals surface area (Å²) in [5.74, 6) is 0. The molecule has 0 saturated carbocycles. The van der Waals surface area contributed by atoms with E-state index in [-0.39, 0.29) is 11.5 Å². The molecule has 1 amide bonds. The summed E-state index contributed by atoms with van der Waals surface area (Å²) in [6.07, 6.45) is 3.23. The summed E-state index contributed by atoms with van der Waals surface area (Å²) in [7, 11) is 0. The molecule has 1 aliphatic rings. The third-order valence-electron chi connectivity index (χ3n) is 3.81. The Bertz CT molecular complexity index is 412. The first kappa shape index (κ1) is 14.9. The van der Waals surface area contributed by atoms with Crippen molar-refractivity contribution in [3.05, 3.63) is 35.9 Å². The molecule has 2 N–H and O–H groups in total. The fraction of sp³-hybridized carbons (Fsp3) is 0.562. The van der Waals surface area contributed by atoms with Crippen LogP contribution in [0.25, 0.3) is 0 Å².